The number of carboxylic acid groups (broad SMARTS) is 1. The van der Waals surface area contributed by atoms with E-state index in [-0.39, 0.29) is 17.0 Å². The molecule has 0 spiro atoms. The summed E-state index contributed by atoms with van der Waals surface area (Å²) in [5.74, 6) is 0.0525. The fourth-order valence-electron chi connectivity index (χ4n) is 4.61. The zero-order valence-electron chi connectivity index (χ0n) is 19.7. The van der Waals surface area contributed by atoms with E-state index in [1.54, 1.807) is 7.11 Å². The van der Waals surface area contributed by atoms with Crippen LogP contribution in [0.5, 0.6) is 11.5 Å². The van der Waals surface area contributed by atoms with Crippen LogP contribution in [0.1, 0.15) is 42.7 Å². The van der Waals surface area contributed by atoms with Gasteiger partial charge in [0.1, 0.15) is 12.2 Å². The molecule has 0 saturated carbocycles. The first-order valence-electron chi connectivity index (χ1n) is 11.3. The highest BCUT2D eigenvalue weighted by molar-refractivity contribution is 5.88. The quantitative estimate of drug-likeness (QED) is 0.714. The molecule has 8 heteroatoms. The minimum Gasteiger partial charge on any atom is -0.493 e. The highest BCUT2D eigenvalue weighted by Gasteiger charge is 2.34. The molecule has 0 amide bonds. The molecule has 1 fully saturated rings. The van der Waals surface area contributed by atoms with Crippen LogP contribution in [0.3, 0.4) is 0 Å². The number of morpholine rings is 1. The molecule has 1 N–H and O–H groups in total. The normalized spacial score (nSPS) is 18.4. The Kier molecular flexibility index (Phi) is 6.50. The number of aromatic nitrogens is 1. The average molecular weight is 457 g/mol. The fraction of sp³-hybridized carbons (Fsp3) is 0.520. The summed E-state index contributed by atoms with van der Waals surface area (Å²) in [4.78, 5) is 26.5. The van der Waals surface area contributed by atoms with Crippen LogP contribution in [0.15, 0.2) is 29.2 Å². The molecule has 4 rings (SSSR count). The zero-order valence-corrected chi connectivity index (χ0v) is 19.7. The van der Waals surface area contributed by atoms with Crippen molar-refractivity contribution in [2.24, 2.45) is 5.41 Å². The summed E-state index contributed by atoms with van der Waals surface area (Å²) in [6, 6.07) is 5.31. The van der Waals surface area contributed by atoms with Crippen LogP contribution in [0.25, 0.3) is 11.3 Å². The van der Waals surface area contributed by atoms with Crippen molar-refractivity contribution in [3.05, 3.63) is 45.7 Å². The number of fused-ring (bicyclic) bond motifs is 3. The van der Waals surface area contributed by atoms with E-state index in [1.165, 1.54) is 12.3 Å². The molecule has 2 aromatic rings. The van der Waals surface area contributed by atoms with Gasteiger partial charge >= 0.3 is 5.97 Å². The van der Waals surface area contributed by atoms with Crippen molar-refractivity contribution >= 4 is 5.97 Å². The lowest BCUT2D eigenvalue weighted by molar-refractivity contribution is 0.0321. The van der Waals surface area contributed by atoms with Crippen molar-refractivity contribution in [1.29, 1.82) is 0 Å². The lowest BCUT2D eigenvalue weighted by atomic mass is 9.78. The molecule has 1 atom stereocenters. The Morgan fingerprint density at radius 3 is 2.55 bits per heavy atom. The maximum Gasteiger partial charge on any atom is 0.341 e. The Bertz CT molecular complexity index is 1100. The van der Waals surface area contributed by atoms with Gasteiger partial charge in [0.25, 0.3) is 0 Å². The van der Waals surface area contributed by atoms with E-state index in [4.69, 9.17) is 14.2 Å². The summed E-state index contributed by atoms with van der Waals surface area (Å²) >= 11 is 0. The van der Waals surface area contributed by atoms with Crippen molar-refractivity contribution in [3.8, 4) is 22.8 Å². The number of carbonyl (C=O) groups is 1. The first-order valence-corrected chi connectivity index (χ1v) is 11.3. The molecule has 0 bridgehead atoms. The van der Waals surface area contributed by atoms with Crippen LogP contribution >= 0.6 is 0 Å². The second kappa shape index (κ2) is 9.19. The number of aromatic carboxylic acids is 1. The molecule has 0 radical (unpaired) electrons. The number of nitrogens with zero attached hydrogens (tertiary/aromatic N) is 2. The van der Waals surface area contributed by atoms with Gasteiger partial charge in [-0.25, -0.2) is 4.79 Å². The van der Waals surface area contributed by atoms with Crippen LogP contribution in [0.4, 0.5) is 0 Å². The number of hydrogen-bond donors (Lipinski definition) is 1. The van der Waals surface area contributed by atoms with E-state index in [0.717, 1.165) is 44.0 Å². The van der Waals surface area contributed by atoms with Crippen LogP contribution in [0, 0.1) is 5.41 Å². The van der Waals surface area contributed by atoms with Crippen LogP contribution in [-0.2, 0) is 11.2 Å². The van der Waals surface area contributed by atoms with Gasteiger partial charge in [-0.05, 0) is 29.5 Å². The fourth-order valence-corrected chi connectivity index (χ4v) is 4.61. The number of pyridine rings is 1. The van der Waals surface area contributed by atoms with Crippen molar-refractivity contribution in [1.82, 2.24) is 9.47 Å². The predicted molar refractivity (Wildman–Crippen MR) is 125 cm³/mol. The summed E-state index contributed by atoms with van der Waals surface area (Å²) in [5.41, 5.74) is 1.74. The van der Waals surface area contributed by atoms with E-state index < -0.39 is 11.4 Å². The Hall–Kier alpha value is -2.84. The molecule has 0 aliphatic carbocycles. The van der Waals surface area contributed by atoms with Crippen LogP contribution in [-0.4, -0.2) is 67.1 Å². The SMILES string of the molecule is COc1cc2c(cc1OCCN1CCOCC1)C[C@@H](C(C)(C)C)n1cc(C(=O)O)c(=O)cc1-2. The third-order valence-electron chi connectivity index (χ3n) is 6.49. The van der Waals surface area contributed by atoms with Crippen molar-refractivity contribution in [2.45, 2.75) is 33.2 Å². The second-order valence-electron chi connectivity index (χ2n) is 9.70. The van der Waals surface area contributed by atoms with Gasteiger partial charge < -0.3 is 23.9 Å². The molecule has 0 unspecified atom stereocenters. The lowest BCUT2D eigenvalue weighted by Gasteiger charge is -2.39. The standard InChI is InChI=1S/C25H32N2O6/c1-25(2,3)23-12-16-11-22(33-10-7-26-5-8-32-9-6-26)21(31-4)13-17(16)19-14-20(28)18(24(29)30)15-27(19)23/h11,13-15,23H,5-10,12H2,1-4H3,(H,29,30)/t23-/m0/s1. The Labute approximate surface area is 193 Å². The summed E-state index contributed by atoms with van der Waals surface area (Å²) < 4.78 is 19.1. The monoisotopic (exact) mass is 456 g/mol. The molecule has 2 aliphatic rings. The topological polar surface area (TPSA) is 90.2 Å². The molecule has 1 saturated heterocycles. The van der Waals surface area contributed by atoms with Gasteiger partial charge in [0, 0.05) is 43.5 Å². The van der Waals surface area contributed by atoms with Gasteiger partial charge in [-0.15, -0.1) is 0 Å². The van der Waals surface area contributed by atoms with Gasteiger partial charge in [-0.2, -0.15) is 0 Å². The van der Waals surface area contributed by atoms with E-state index in [0.29, 0.717) is 30.2 Å². The molecule has 33 heavy (non-hydrogen) atoms. The zero-order chi connectivity index (χ0) is 23.8. The third-order valence-corrected chi connectivity index (χ3v) is 6.49. The number of methoxy groups -OCH3 is 1. The minimum absolute atomic E-state index is 0.0201. The first kappa shape index (κ1) is 23.3. The highest BCUT2D eigenvalue weighted by atomic mass is 16.5. The first-order chi connectivity index (χ1) is 15.7. The van der Waals surface area contributed by atoms with Gasteiger partial charge in [0.2, 0.25) is 0 Å². The number of benzene rings is 1. The summed E-state index contributed by atoms with van der Waals surface area (Å²) in [6.07, 6.45) is 2.18. The maximum absolute atomic E-state index is 12.5. The highest BCUT2D eigenvalue weighted by Crippen LogP contribution is 2.45. The number of rotatable bonds is 6. The Morgan fingerprint density at radius 1 is 1.18 bits per heavy atom. The molecule has 1 aromatic carbocycles. The molecular weight excluding hydrogens is 424 g/mol. The van der Waals surface area contributed by atoms with Gasteiger partial charge in [0.15, 0.2) is 16.9 Å². The Morgan fingerprint density at radius 2 is 1.91 bits per heavy atom. The van der Waals surface area contributed by atoms with E-state index in [2.05, 4.69) is 25.7 Å². The molecule has 178 valence electrons. The van der Waals surface area contributed by atoms with E-state index >= 15 is 0 Å². The molecule has 8 nitrogen and oxygen atoms in total. The minimum atomic E-state index is -1.21. The van der Waals surface area contributed by atoms with Crippen LogP contribution < -0.4 is 14.9 Å². The predicted octanol–water partition coefficient (Wildman–Crippen LogP) is 3.08. The van der Waals surface area contributed by atoms with Crippen molar-refractivity contribution in [3.63, 3.8) is 0 Å². The molecule has 2 aliphatic heterocycles. The number of hydrogen-bond acceptors (Lipinski definition) is 6. The molecule has 3 heterocycles. The lowest BCUT2D eigenvalue weighted by Crippen LogP contribution is -2.38. The van der Waals surface area contributed by atoms with E-state index in [1.807, 2.05) is 16.7 Å². The summed E-state index contributed by atoms with van der Waals surface area (Å²) in [7, 11) is 1.60. The maximum atomic E-state index is 12.5. The largest absolute Gasteiger partial charge is 0.493 e. The van der Waals surface area contributed by atoms with Gasteiger partial charge in [0.05, 0.1) is 26.0 Å². The van der Waals surface area contributed by atoms with Crippen molar-refractivity contribution in [2.75, 3.05) is 46.6 Å². The number of ether oxygens (including phenoxy) is 3. The molecule has 1 aromatic heterocycles. The van der Waals surface area contributed by atoms with Crippen LogP contribution in [0.2, 0.25) is 0 Å². The van der Waals surface area contributed by atoms with E-state index in [9.17, 15) is 14.7 Å². The summed E-state index contributed by atoms with van der Waals surface area (Å²) in [5, 5.41) is 9.49. The number of carboxylic acids is 1. The second-order valence-corrected chi connectivity index (χ2v) is 9.70. The smallest absolute Gasteiger partial charge is 0.341 e. The molecular formula is C25H32N2O6. The third kappa shape index (κ3) is 4.77. The van der Waals surface area contributed by atoms with Crippen molar-refractivity contribution < 1.29 is 24.1 Å². The Balaban J connectivity index is 1.71. The van der Waals surface area contributed by atoms with Gasteiger partial charge in [-0.1, -0.05) is 20.8 Å². The average Bonchev–Trinajstić information content (AvgIpc) is 2.77. The van der Waals surface area contributed by atoms with Gasteiger partial charge in [-0.3, -0.25) is 9.69 Å². The summed E-state index contributed by atoms with van der Waals surface area (Å²) in [6.45, 7) is 11.0.